The molecule has 0 atom stereocenters. The van der Waals surface area contributed by atoms with Crippen molar-refractivity contribution in [3.05, 3.63) is 243 Å². The number of fused-ring (bicyclic) bond motifs is 10. The lowest BCUT2D eigenvalue weighted by molar-refractivity contribution is 0.953. The Balaban J connectivity index is 1.08. The van der Waals surface area contributed by atoms with Crippen molar-refractivity contribution in [3.8, 4) is 62.4 Å². The van der Waals surface area contributed by atoms with Crippen molar-refractivity contribution in [1.82, 2.24) is 28.7 Å². The van der Waals surface area contributed by atoms with E-state index >= 15 is 0 Å². The highest BCUT2D eigenvalue weighted by atomic mass is 15.2. The first-order chi connectivity index (χ1) is 34.2. The first-order valence-corrected chi connectivity index (χ1v) is 23.4. The molecule has 14 aromatic rings. The van der Waals surface area contributed by atoms with Crippen LogP contribution in [0.1, 0.15) is 0 Å². The standard InChI is InChI=1S/C63H40N6/c1-5-19-41(20-6-1)45-37-46(42-21-7-2-8-22-42)39-48(38-45)68-56-31-17-13-27-49(56)52-34-35-53-50-28-14-18-32-57(50)69(60(53)59(52)68)63-65-61(43-23-9-3-10-24-43)64-62(66-63)44-33-36-58-54(40-44)51-29-15-16-30-55(51)67(58)47-25-11-4-12-26-47/h1-40H. The number of hydrogen-bond acceptors (Lipinski definition) is 3. The van der Waals surface area contributed by atoms with Crippen molar-refractivity contribution in [3.63, 3.8) is 0 Å². The molecule has 0 aliphatic heterocycles. The van der Waals surface area contributed by atoms with E-state index in [1.807, 2.05) is 18.2 Å². The largest absolute Gasteiger partial charge is 0.309 e. The molecule has 0 unspecified atom stereocenters. The van der Waals surface area contributed by atoms with E-state index in [1.165, 1.54) is 10.8 Å². The maximum Gasteiger partial charge on any atom is 0.238 e. The Morgan fingerprint density at radius 1 is 0.232 bits per heavy atom. The van der Waals surface area contributed by atoms with Gasteiger partial charge in [0.1, 0.15) is 0 Å². The van der Waals surface area contributed by atoms with Crippen molar-refractivity contribution < 1.29 is 0 Å². The second kappa shape index (κ2) is 15.6. The van der Waals surface area contributed by atoms with Gasteiger partial charge in [-0.05, 0) is 89.0 Å². The molecule has 10 aromatic carbocycles. The van der Waals surface area contributed by atoms with Crippen molar-refractivity contribution in [1.29, 1.82) is 0 Å². The highest BCUT2D eigenvalue weighted by molar-refractivity contribution is 6.24. The third kappa shape index (κ3) is 6.23. The van der Waals surface area contributed by atoms with Gasteiger partial charge in [-0.2, -0.15) is 9.97 Å². The minimum atomic E-state index is 0.546. The highest BCUT2D eigenvalue weighted by Crippen LogP contribution is 2.43. The summed E-state index contributed by atoms with van der Waals surface area (Å²) < 4.78 is 7.07. The van der Waals surface area contributed by atoms with Gasteiger partial charge in [0.2, 0.25) is 5.95 Å². The lowest BCUT2D eigenvalue weighted by Gasteiger charge is -2.16. The molecule has 322 valence electrons. The van der Waals surface area contributed by atoms with E-state index in [0.717, 1.165) is 99.4 Å². The molecule has 4 heterocycles. The minimum Gasteiger partial charge on any atom is -0.309 e. The molecule has 0 N–H and O–H groups in total. The number of para-hydroxylation sites is 4. The Morgan fingerprint density at radius 2 is 0.667 bits per heavy atom. The molecular formula is C63H40N6. The molecule has 0 saturated carbocycles. The summed E-state index contributed by atoms with van der Waals surface area (Å²) >= 11 is 0. The van der Waals surface area contributed by atoms with Crippen molar-refractivity contribution >= 4 is 65.4 Å². The Kier molecular flexibility index (Phi) is 8.79. The van der Waals surface area contributed by atoms with Crippen LogP contribution in [0.15, 0.2) is 243 Å². The molecule has 6 nitrogen and oxygen atoms in total. The maximum absolute atomic E-state index is 5.52. The molecular weight excluding hydrogens is 841 g/mol. The van der Waals surface area contributed by atoms with Gasteiger partial charge in [-0.15, -0.1) is 0 Å². The summed E-state index contributed by atoms with van der Waals surface area (Å²) in [6, 6.07) is 86.4. The Hall–Kier alpha value is -9.39. The average molecular weight is 881 g/mol. The quantitative estimate of drug-likeness (QED) is 0.160. The normalized spacial score (nSPS) is 11.8. The average Bonchev–Trinajstić information content (AvgIpc) is 4.07. The van der Waals surface area contributed by atoms with E-state index in [-0.39, 0.29) is 0 Å². The number of benzene rings is 10. The third-order valence-corrected chi connectivity index (χ3v) is 13.7. The Bertz CT molecular complexity index is 4230. The van der Waals surface area contributed by atoms with Gasteiger partial charge in [0.25, 0.3) is 0 Å². The second-order valence-electron chi connectivity index (χ2n) is 17.6. The van der Waals surface area contributed by atoms with Gasteiger partial charge in [-0.1, -0.05) is 176 Å². The van der Waals surface area contributed by atoms with Crippen LogP contribution in [-0.4, -0.2) is 28.7 Å². The van der Waals surface area contributed by atoms with E-state index in [4.69, 9.17) is 15.0 Å². The molecule has 0 spiro atoms. The smallest absolute Gasteiger partial charge is 0.238 e. The molecule has 14 rings (SSSR count). The molecule has 0 radical (unpaired) electrons. The van der Waals surface area contributed by atoms with Gasteiger partial charge in [-0.3, -0.25) is 4.57 Å². The Morgan fingerprint density at radius 3 is 1.25 bits per heavy atom. The van der Waals surface area contributed by atoms with Crippen LogP contribution in [-0.2, 0) is 0 Å². The maximum atomic E-state index is 5.52. The zero-order chi connectivity index (χ0) is 45.4. The predicted octanol–water partition coefficient (Wildman–Crippen LogP) is 15.8. The monoisotopic (exact) mass is 880 g/mol. The van der Waals surface area contributed by atoms with E-state index in [0.29, 0.717) is 17.6 Å². The van der Waals surface area contributed by atoms with E-state index in [9.17, 15) is 0 Å². The van der Waals surface area contributed by atoms with Crippen LogP contribution in [0.25, 0.3) is 128 Å². The third-order valence-electron chi connectivity index (χ3n) is 13.7. The second-order valence-corrected chi connectivity index (χ2v) is 17.6. The van der Waals surface area contributed by atoms with Crippen LogP contribution in [0, 0.1) is 0 Å². The summed E-state index contributed by atoms with van der Waals surface area (Å²) in [7, 11) is 0. The fourth-order valence-electron chi connectivity index (χ4n) is 10.6. The van der Waals surface area contributed by atoms with Gasteiger partial charge in [-0.25, -0.2) is 4.98 Å². The SMILES string of the molecule is c1ccc(-c2cc(-c3ccccc3)cc(-n3c4ccccc4c4ccc5c6ccccc6n(-c6nc(-c7ccccc7)nc(-c7ccc8c(c7)c7ccccc7n8-c7ccccc7)n6)c5c43)c2)cc1. The van der Waals surface area contributed by atoms with Gasteiger partial charge in [0.05, 0.1) is 33.1 Å². The summed E-state index contributed by atoms with van der Waals surface area (Å²) in [6.07, 6.45) is 0. The van der Waals surface area contributed by atoms with Crippen molar-refractivity contribution in [2.45, 2.75) is 0 Å². The summed E-state index contributed by atoms with van der Waals surface area (Å²) in [6.45, 7) is 0. The lowest BCUT2D eigenvalue weighted by atomic mass is 9.98. The van der Waals surface area contributed by atoms with E-state index in [2.05, 4.69) is 238 Å². The van der Waals surface area contributed by atoms with Gasteiger partial charge in [0.15, 0.2) is 11.6 Å². The van der Waals surface area contributed by atoms with Crippen LogP contribution in [0.3, 0.4) is 0 Å². The number of aromatic nitrogens is 6. The summed E-state index contributed by atoms with van der Waals surface area (Å²) in [5.41, 5.74) is 15.1. The van der Waals surface area contributed by atoms with E-state index < -0.39 is 0 Å². The van der Waals surface area contributed by atoms with Crippen LogP contribution < -0.4 is 0 Å². The zero-order valence-corrected chi connectivity index (χ0v) is 37.3. The molecule has 69 heavy (non-hydrogen) atoms. The van der Waals surface area contributed by atoms with Crippen LogP contribution in [0.4, 0.5) is 0 Å². The minimum absolute atomic E-state index is 0.546. The lowest BCUT2D eigenvalue weighted by Crippen LogP contribution is -2.07. The van der Waals surface area contributed by atoms with Crippen LogP contribution in [0.2, 0.25) is 0 Å². The van der Waals surface area contributed by atoms with E-state index in [1.54, 1.807) is 0 Å². The summed E-state index contributed by atoms with van der Waals surface area (Å²) in [4.78, 5) is 16.2. The molecule has 6 heteroatoms. The van der Waals surface area contributed by atoms with Gasteiger partial charge >= 0.3 is 0 Å². The van der Waals surface area contributed by atoms with Gasteiger partial charge in [0, 0.05) is 54.8 Å². The number of nitrogens with zero attached hydrogens (tertiary/aromatic N) is 6. The first kappa shape index (κ1) is 38.8. The Labute approximate surface area is 397 Å². The molecule has 0 aliphatic rings. The summed E-state index contributed by atoms with van der Waals surface area (Å²) in [5, 5.41) is 6.84. The van der Waals surface area contributed by atoms with Crippen molar-refractivity contribution in [2.75, 3.05) is 0 Å². The molecule has 4 aromatic heterocycles. The van der Waals surface area contributed by atoms with Gasteiger partial charge < -0.3 is 9.13 Å². The molecule has 0 fully saturated rings. The molecule has 0 saturated heterocycles. The zero-order valence-electron chi connectivity index (χ0n) is 37.3. The molecule has 0 aliphatic carbocycles. The molecule has 0 amide bonds. The molecule has 0 bridgehead atoms. The number of rotatable bonds is 7. The fraction of sp³-hybridized carbons (Fsp3) is 0. The first-order valence-electron chi connectivity index (χ1n) is 23.4. The topological polar surface area (TPSA) is 53.5 Å². The summed E-state index contributed by atoms with van der Waals surface area (Å²) in [5.74, 6) is 1.74. The highest BCUT2D eigenvalue weighted by Gasteiger charge is 2.24. The van der Waals surface area contributed by atoms with Crippen LogP contribution in [0.5, 0.6) is 0 Å². The fourth-order valence-corrected chi connectivity index (χ4v) is 10.6. The van der Waals surface area contributed by atoms with Crippen molar-refractivity contribution in [2.24, 2.45) is 0 Å². The number of hydrogen-bond donors (Lipinski definition) is 0. The predicted molar refractivity (Wildman–Crippen MR) is 285 cm³/mol. The van der Waals surface area contributed by atoms with Crippen LogP contribution >= 0.6 is 0 Å².